The van der Waals surface area contributed by atoms with E-state index in [4.69, 9.17) is 17.3 Å². The summed E-state index contributed by atoms with van der Waals surface area (Å²) in [4.78, 5) is 4.63. The molecule has 4 heteroatoms. The molecular weight excluding hydrogens is 246 g/mol. The van der Waals surface area contributed by atoms with E-state index in [0.29, 0.717) is 10.8 Å². The van der Waals surface area contributed by atoms with Crippen molar-refractivity contribution in [3.8, 4) is 11.3 Å². The van der Waals surface area contributed by atoms with Crippen molar-refractivity contribution in [2.24, 2.45) is 0 Å². The van der Waals surface area contributed by atoms with Crippen molar-refractivity contribution in [3.63, 3.8) is 0 Å². The van der Waals surface area contributed by atoms with E-state index in [2.05, 4.69) is 23.4 Å². The second-order valence-corrected chi connectivity index (χ2v) is 4.65. The lowest BCUT2D eigenvalue weighted by molar-refractivity contribution is 0.650. The standard InChI is InChI=1S/C14H18ClN3/c1-3-9-18-12(4-2)17-13(14(18)16)10-7-5-6-8-11(10)15/h5-8H,3-4,9,16H2,1-2H3. The average Bonchev–Trinajstić information content (AvgIpc) is 2.68. The van der Waals surface area contributed by atoms with Crippen LogP contribution in [0.5, 0.6) is 0 Å². The van der Waals surface area contributed by atoms with Gasteiger partial charge in [-0.25, -0.2) is 4.98 Å². The van der Waals surface area contributed by atoms with E-state index in [1.807, 2.05) is 24.3 Å². The van der Waals surface area contributed by atoms with Crippen LogP contribution >= 0.6 is 11.6 Å². The fourth-order valence-corrected chi connectivity index (χ4v) is 2.33. The van der Waals surface area contributed by atoms with Crippen molar-refractivity contribution in [3.05, 3.63) is 35.1 Å². The van der Waals surface area contributed by atoms with Gasteiger partial charge in [-0.2, -0.15) is 0 Å². The van der Waals surface area contributed by atoms with Gasteiger partial charge in [-0.1, -0.05) is 43.6 Å². The SMILES string of the molecule is CCCn1c(CC)nc(-c2ccccc2Cl)c1N. The van der Waals surface area contributed by atoms with Crippen molar-refractivity contribution in [2.45, 2.75) is 33.2 Å². The molecule has 0 fully saturated rings. The molecular formula is C14H18ClN3. The van der Waals surface area contributed by atoms with E-state index in [-0.39, 0.29) is 0 Å². The van der Waals surface area contributed by atoms with Crippen LogP contribution < -0.4 is 5.73 Å². The van der Waals surface area contributed by atoms with Gasteiger partial charge in [0.15, 0.2) is 0 Å². The van der Waals surface area contributed by atoms with Gasteiger partial charge in [-0.05, 0) is 12.5 Å². The lowest BCUT2D eigenvalue weighted by Gasteiger charge is -2.07. The summed E-state index contributed by atoms with van der Waals surface area (Å²) in [5, 5.41) is 0.688. The third-order valence-corrected chi connectivity index (χ3v) is 3.31. The molecule has 1 aromatic heterocycles. The predicted molar refractivity (Wildman–Crippen MR) is 76.8 cm³/mol. The Morgan fingerprint density at radius 3 is 2.61 bits per heavy atom. The molecule has 0 unspecified atom stereocenters. The number of anilines is 1. The Kier molecular flexibility index (Phi) is 3.92. The van der Waals surface area contributed by atoms with Gasteiger partial charge < -0.3 is 10.3 Å². The summed E-state index contributed by atoms with van der Waals surface area (Å²) in [6.45, 7) is 5.12. The second kappa shape index (κ2) is 5.44. The molecule has 1 aromatic carbocycles. The molecule has 0 saturated carbocycles. The Hall–Kier alpha value is -1.48. The first-order chi connectivity index (χ1) is 8.69. The molecule has 0 atom stereocenters. The monoisotopic (exact) mass is 263 g/mol. The number of nitrogens with zero attached hydrogens (tertiary/aromatic N) is 2. The highest BCUT2D eigenvalue weighted by molar-refractivity contribution is 6.33. The maximum atomic E-state index is 6.21. The Labute approximate surface area is 113 Å². The minimum absolute atomic E-state index is 0.688. The van der Waals surface area contributed by atoms with Gasteiger partial charge >= 0.3 is 0 Å². The zero-order valence-electron chi connectivity index (χ0n) is 10.8. The Morgan fingerprint density at radius 1 is 1.28 bits per heavy atom. The number of benzene rings is 1. The number of hydrogen-bond donors (Lipinski definition) is 1. The summed E-state index contributed by atoms with van der Waals surface area (Å²) in [6.07, 6.45) is 1.91. The highest BCUT2D eigenvalue weighted by Crippen LogP contribution is 2.32. The third kappa shape index (κ3) is 2.23. The molecule has 0 aliphatic rings. The van der Waals surface area contributed by atoms with Crippen LogP contribution in [-0.4, -0.2) is 9.55 Å². The topological polar surface area (TPSA) is 43.8 Å². The van der Waals surface area contributed by atoms with Gasteiger partial charge in [-0.3, -0.25) is 0 Å². The number of aromatic nitrogens is 2. The Bertz CT molecular complexity index is 546. The second-order valence-electron chi connectivity index (χ2n) is 4.25. The summed E-state index contributed by atoms with van der Waals surface area (Å²) in [7, 11) is 0. The zero-order chi connectivity index (χ0) is 13.1. The number of hydrogen-bond acceptors (Lipinski definition) is 2. The van der Waals surface area contributed by atoms with Crippen molar-refractivity contribution in [1.82, 2.24) is 9.55 Å². The van der Waals surface area contributed by atoms with Gasteiger partial charge in [0.1, 0.15) is 17.3 Å². The number of aryl methyl sites for hydroxylation is 1. The molecule has 0 amide bonds. The summed E-state index contributed by atoms with van der Waals surface area (Å²) in [5.41, 5.74) is 7.91. The van der Waals surface area contributed by atoms with Gasteiger partial charge in [0, 0.05) is 18.5 Å². The third-order valence-electron chi connectivity index (χ3n) is 2.98. The number of rotatable bonds is 4. The van der Waals surface area contributed by atoms with Crippen LogP contribution in [0.25, 0.3) is 11.3 Å². The van der Waals surface area contributed by atoms with Gasteiger partial charge in [0.05, 0.1) is 5.02 Å². The average molecular weight is 264 g/mol. The number of nitrogen functional groups attached to an aromatic ring is 1. The van der Waals surface area contributed by atoms with E-state index in [1.165, 1.54) is 0 Å². The van der Waals surface area contributed by atoms with E-state index in [0.717, 1.165) is 36.5 Å². The van der Waals surface area contributed by atoms with Crippen LogP contribution in [-0.2, 0) is 13.0 Å². The summed E-state index contributed by atoms with van der Waals surface area (Å²) >= 11 is 6.21. The van der Waals surface area contributed by atoms with Crippen LogP contribution in [0.2, 0.25) is 5.02 Å². The number of imidazole rings is 1. The Morgan fingerprint density at radius 2 is 2.00 bits per heavy atom. The van der Waals surface area contributed by atoms with E-state index >= 15 is 0 Å². The van der Waals surface area contributed by atoms with Crippen molar-refractivity contribution < 1.29 is 0 Å². The normalized spacial score (nSPS) is 10.8. The maximum absolute atomic E-state index is 6.21. The summed E-state index contributed by atoms with van der Waals surface area (Å²) in [5.74, 6) is 1.73. The molecule has 3 nitrogen and oxygen atoms in total. The van der Waals surface area contributed by atoms with Crippen LogP contribution in [0, 0.1) is 0 Å². The van der Waals surface area contributed by atoms with Crippen LogP contribution in [0.4, 0.5) is 5.82 Å². The quantitative estimate of drug-likeness (QED) is 0.913. The Balaban J connectivity index is 2.56. The van der Waals surface area contributed by atoms with Crippen molar-refractivity contribution >= 4 is 17.4 Å². The summed E-state index contributed by atoms with van der Waals surface area (Å²) in [6, 6.07) is 7.68. The van der Waals surface area contributed by atoms with E-state index in [1.54, 1.807) is 0 Å². The molecule has 2 rings (SSSR count). The van der Waals surface area contributed by atoms with E-state index in [9.17, 15) is 0 Å². The highest BCUT2D eigenvalue weighted by Gasteiger charge is 2.16. The molecule has 0 bridgehead atoms. The number of nitrogens with two attached hydrogens (primary N) is 1. The van der Waals surface area contributed by atoms with Crippen LogP contribution in [0.1, 0.15) is 26.1 Å². The fourth-order valence-electron chi connectivity index (χ4n) is 2.11. The van der Waals surface area contributed by atoms with Gasteiger partial charge in [0.2, 0.25) is 0 Å². The molecule has 0 saturated heterocycles. The molecule has 2 N–H and O–H groups in total. The minimum atomic E-state index is 0.688. The first-order valence-corrected chi connectivity index (χ1v) is 6.66. The highest BCUT2D eigenvalue weighted by atomic mass is 35.5. The van der Waals surface area contributed by atoms with Crippen LogP contribution in [0.15, 0.2) is 24.3 Å². The maximum Gasteiger partial charge on any atom is 0.131 e. The van der Waals surface area contributed by atoms with Crippen molar-refractivity contribution in [1.29, 1.82) is 0 Å². The first-order valence-electron chi connectivity index (χ1n) is 6.28. The van der Waals surface area contributed by atoms with Crippen LogP contribution in [0.3, 0.4) is 0 Å². The smallest absolute Gasteiger partial charge is 0.131 e. The van der Waals surface area contributed by atoms with Crippen molar-refractivity contribution in [2.75, 3.05) is 5.73 Å². The fraction of sp³-hybridized carbons (Fsp3) is 0.357. The number of halogens is 1. The molecule has 0 spiro atoms. The lowest BCUT2D eigenvalue weighted by Crippen LogP contribution is -2.06. The molecule has 96 valence electrons. The molecule has 1 heterocycles. The lowest BCUT2D eigenvalue weighted by atomic mass is 10.1. The summed E-state index contributed by atoms with van der Waals surface area (Å²) < 4.78 is 2.08. The molecule has 18 heavy (non-hydrogen) atoms. The minimum Gasteiger partial charge on any atom is -0.383 e. The molecule has 2 aromatic rings. The van der Waals surface area contributed by atoms with Gasteiger partial charge in [0.25, 0.3) is 0 Å². The van der Waals surface area contributed by atoms with E-state index < -0.39 is 0 Å². The van der Waals surface area contributed by atoms with Gasteiger partial charge in [-0.15, -0.1) is 0 Å². The molecule has 0 radical (unpaired) electrons. The first kappa shape index (κ1) is 13.0. The molecule has 0 aliphatic carbocycles. The molecule has 0 aliphatic heterocycles. The predicted octanol–water partition coefficient (Wildman–Crippen LogP) is 3.76. The largest absolute Gasteiger partial charge is 0.383 e. The zero-order valence-corrected chi connectivity index (χ0v) is 11.5.